The number of alkyl halides is 3. The molecule has 0 aliphatic heterocycles. The molecule has 10 nitrogen and oxygen atoms in total. The van der Waals surface area contributed by atoms with Crippen LogP contribution in [0, 0.1) is 0 Å². The first kappa shape index (κ1) is 32.9. The third-order valence-electron chi connectivity index (χ3n) is 7.07. The Morgan fingerprint density at radius 1 is 0.929 bits per heavy atom. The highest BCUT2D eigenvalue weighted by molar-refractivity contribution is 5.98. The molecular formula is C29H40F3N8O2+. The van der Waals surface area contributed by atoms with E-state index in [0.29, 0.717) is 56.8 Å². The first-order valence-electron chi connectivity index (χ1n) is 13.9. The number of nitrogens with one attached hydrogen (secondary N) is 2. The molecule has 42 heavy (non-hydrogen) atoms. The predicted octanol–water partition coefficient (Wildman–Crippen LogP) is 2.03. The SMILES string of the molecule is NCC[N+](N)(CCN)CCC[C@H](N)C(=O)N[C@@H](CCc1cccc(C(F)(F)F)c1)C(=O)Nc1cnc2ccccc2c1. The molecule has 0 radical (unpaired) electrons. The van der Waals surface area contributed by atoms with Gasteiger partial charge in [-0.15, -0.1) is 0 Å². The highest BCUT2D eigenvalue weighted by Gasteiger charge is 2.31. The minimum Gasteiger partial charge on any atom is -0.343 e. The van der Waals surface area contributed by atoms with Crippen LogP contribution in [0.15, 0.2) is 60.8 Å². The van der Waals surface area contributed by atoms with Crippen LogP contribution in [0.3, 0.4) is 0 Å². The van der Waals surface area contributed by atoms with Gasteiger partial charge >= 0.3 is 6.18 Å². The number of rotatable bonds is 15. The van der Waals surface area contributed by atoms with Gasteiger partial charge in [-0.3, -0.25) is 14.6 Å². The van der Waals surface area contributed by atoms with Gasteiger partial charge in [0.1, 0.15) is 19.1 Å². The van der Waals surface area contributed by atoms with Crippen molar-refractivity contribution in [2.75, 3.05) is 38.0 Å². The average molecular weight is 590 g/mol. The van der Waals surface area contributed by atoms with Gasteiger partial charge < -0.3 is 27.8 Å². The zero-order chi connectivity index (χ0) is 30.8. The maximum absolute atomic E-state index is 13.3. The summed E-state index contributed by atoms with van der Waals surface area (Å²) in [7, 11) is 0. The van der Waals surface area contributed by atoms with Crippen molar-refractivity contribution in [1.29, 1.82) is 0 Å². The fraction of sp³-hybridized carbons (Fsp3) is 0.414. The lowest BCUT2D eigenvalue weighted by Gasteiger charge is -2.32. The summed E-state index contributed by atoms with van der Waals surface area (Å²) >= 11 is 0. The molecule has 0 aliphatic rings. The Hall–Kier alpha value is -3.62. The minimum atomic E-state index is -4.50. The number of para-hydroxylation sites is 1. The van der Waals surface area contributed by atoms with Crippen LogP contribution in [0.4, 0.5) is 18.9 Å². The second-order valence-corrected chi connectivity index (χ2v) is 10.4. The number of amides is 2. The fourth-order valence-corrected chi connectivity index (χ4v) is 4.74. The summed E-state index contributed by atoms with van der Waals surface area (Å²) in [5.74, 6) is 5.26. The van der Waals surface area contributed by atoms with Crippen LogP contribution in [0.5, 0.6) is 0 Å². The quantitative estimate of drug-likeness (QED) is 0.0893. The van der Waals surface area contributed by atoms with Gasteiger partial charge in [0.2, 0.25) is 11.8 Å². The molecule has 2 amide bonds. The van der Waals surface area contributed by atoms with E-state index in [0.717, 1.165) is 23.0 Å². The van der Waals surface area contributed by atoms with Gasteiger partial charge in [-0.25, -0.2) is 4.59 Å². The van der Waals surface area contributed by atoms with Crippen LogP contribution >= 0.6 is 0 Å². The number of quaternary nitrogens is 1. The van der Waals surface area contributed by atoms with Gasteiger partial charge in [0.15, 0.2) is 0 Å². The van der Waals surface area contributed by atoms with Crippen molar-refractivity contribution in [3.63, 3.8) is 0 Å². The second kappa shape index (κ2) is 15.0. The number of carbonyl (C=O) groups excluding carboxylic acids is 2. The number of aryl methyl sites for hydroxylation is 1. The van der Waals surface area contributed by atoms with E-state index in [1.807, 2.05) is 24.3 Å². The first-order chi connectivity index (χ1) is 19.9. The normalized spacial score (nSPS) is 13.5. The minimum absolute atomic E-state index is 0.0441. The van der Waals surface area contributed by atoms with E-state index < -0.39 is 35.6 Å². The maximum atomic E-state index is 13.3. The van der Waals surface area contributed by atoms with Crippen molar-refractivity contribution in [3.05, 3.63) is 71.9 Å². The third-order valence-corrected chi connectivity index (χ3v) is 7.07. The molecule has 0 fully saturated rings. The van der Waals surface area contributed by atoms with Gasteiger partial charge in [-0.2, -0.15) is 19.0 Å². The number of hydrogen-bond acceptors (Lipinski definition) is 7. The number of carbonyl (C=O) groups is 2. The zero-order valence-corrected chi connectivity index (χ0v) is 23.4. The third kappa shape index (κ3) is 9.74. The number of aromatic nitrogens is 1. The standard InChI is InChI=1S/C29H39F3N8O2/c30-29(31,32)22-7-3-5-20(17-22)10-11-26(28(42)38-23-18-21-6-1-2-9-25(21)37-19-23)39-27(41)24(35)8-4-14-40(36,15-12-33)16-13-34/h1-3,5-7,9,17-19,24,26H,4,8,10-16,33-36H2,(H-,38,39,41,42)/p+1/t24-,26-/m0/s1. The molecule has 0 unspecified atom stereocenters. The molecule has 0 spiro atoms. The van der Waals surface area contributed by atoms with Crippen LogP contribution in [0.1, 0.15) is 30.4 Å². The van der Waals surface area contributed by atoms with E-state index in [4.69, 9.17) is 23.0 Å². The van der Waals surface area contributed by atoms with Gasteiger partial charge in [-0.05, 0) is 43.0 Å². The molecule has 3 aromatic rings. The molecule has 0 bridgehead atoms. The van der Waals surface area contributed by atoms with Crippen LogP contribution < -0.4 is 33.7 Å². The molecule has 2 aromatic carbocycles. The predicted molar refractivity (Wildman–Crippen MR) is 156 cm³/mol. The van der Waals surface area contributed by atoms with Crippen LogP contribution in [-0.4, -0.2) is 66.2 Å². The van der Waals surface area contributed by atoms with E-state index >= 15 is 0 Å². The average Bonchev–Trinajstić information content (AvgIpc) is 2.94. The fourth-order valence-electron chi connectivity index (χ4n) is 4.74. The Labute approximate surface area is 243 Å². The van der Waals surface area contributed by atoms with Gasteiger partial charge in [0.05, 0.1) is 35.6 Å². The van der Waals surface area contributed by atoms with Crippen molar-refractivity contribution >= 4 is 28.4 Å². The van der Waals surface area contributed by atoms with E-state index in [-0.39, 0.29) is 17.4 Å². The summed E-state index contributed by atoms with van der Waals surface area (Å²) in [5.41, 5.74) is 18.2. The lowest BCUT2D eigenvalue weighted by Crippen LogP contribution is -2.59. The molecule has 0 aliphatic carbocycles. The summed E-state index contributed by atoms with van der Waals surface area (Å²) in [6, 6.07) is 12.0. The molecule has 1 heterocycles. The van der Waals surface area contributed by atoms with Crippen molar-refractivity contribution in [2.45, 2.75) is 43.9 Å². The lowest BCUT2D eigenvalue weighted by molar-refractivity contribution is -0.937. The Kier molecular flexibility index (Phi) is 11.8. The lowest BCUT2D eigenvalue weighted by atomic mass is 10.0. The largest absolute Gasteiger partial charge is 0.416 e. The molecule has 13 heteroatoms. The molecular weight excluding hydrogens is 549 g/mol. The summed E-state index contributed by atoms with van der Waals surface area (Å²) in [5, 5.41) is 6.26. The van der Waals surface area contributed by atoms with Gasteiger partial charge in [-0.1, -0.05) is 36.4 Å². The summed E-state index contributed by atoms with van der Waals surface area (Å²) in [6.07, 6.45) is -2.02. The number of nitrogens with zero attached hydrogens (tertiary/aromatic N) is 2. The molecule has 3 rings (SSSR count). The van der Waals surface area contributed by atoms with E-state index in [9.17, 15) is 22.8 Å². The number of pyridine rings is 1. The number of nitrogens with two attached hydrogens (primary N) is 4. The van der Waals surface area contributed by atoms with Crippen LogP contribution in [0.2, 0.25) is 0 Å². The highest BCUT2D eigenvalue weighted by atomic mass is 19.4. The van der Waals surface area contributed by atoms with E-state index in [1.165, 1.54) is 12.3 Å². The van der Waals surface area contributed by atoms with E-state index in [1.54, 1.807) is 12.1 Å². The first-order valence-corrected chi connectivity index (χ1v) is 13.9. The maximum Gasteiger partial charge on any atom is 0.416 e. The number of fused-ring (bicyclic) bond motifs is 1. The molecule has 228 valence electrons. The number of anilines is 1. The van der Waals surface area contributed by atoms with Gasteiger partial charge in [0.25, 0.3) is 0 Å². The van der Waals surface area contributed by atoms with Crippen molar-refractivity contribution in [1.82, 2.24) is 10.3 Å². The topological polar surface area (TPSA) is 175 Å². The smallest absolute Gasteiger partial charge is 0.343 e. The Bertz CT molecular complexity index is 1330. The molecule has 2 atom stereocenters. The Balaban J connectivity index is 1.70. The molecule has 10 N–H and O–H groups in total. The molecule has 0 saturated carbocycles. The van der Waals surface area contributed by atoms with Crippen LogP contribution in [-0.2, 0) is 22.2 Å². The Morgan fingerprint density at radius 2 is 1.64 bits per heavy atom. The monoisotopic (exact) mass is 589 g/mol. The number of halogens is 3. The van der Waals surface area contributed by atoms with Crippen molar-refractivity contribution in [2.24, 2.45) is 23.0 Å². The zero-order valence-electron chi connectivity index (χ0n) is 23.4. The summed E-state index contributed by atoms with van der Waals surface area (Å²) < 4.78 is 39.8. The number of hydrogen-bond donors (Lipinski definition) is 6. The molecule has 1 aromatic heterocycles. The summed E-state index contributed by atoms with van der Waals surface area (Å²) in [6.45, 7) is 2.35. The van der Waals surface area contributed by atoms with Gasteiger partial charge in [0, 0.05) is 24.9 Å². The van der Waals surface area contributed by atoms with Crippen LogP contribution in [0.25, 0.3) is 10.9 Å². The molecule has 0 saturated heterocycles. The van der Waals surface area contributed by atoms with Crippen molar-refractivity contribution < 1.29 is 27.4 Å². The Morgan fingerprint density at radius 3 is 2.33 bits per heavy atom. The highest BCUT2D eigenvalue weighted by Crippen LogP contribution is 2.30. The second-order valence-electron chi connectivity index (χ2n) is 10.4. The van der Waals surface area contributed by atoms with Crippen molar-refractivity contribution in [3.8, 4) is 0 Å². The summed E-state index contributed by atoms with van der Waals surface area (Å²) in [4.78, 5) is 30.7. The van der Waals surface area contributed by atoms with E-state index in [2.05, 4.69) is 15.6 Å². The number of benzene rings is 2.